The molecule has 0 bridgehead atoms. The lowest BCUT2D eigenvalue weighted by molar-refractivity contribution is 0.522. The molecule has 0 spiro atoms. The number of benzene rings is 1. The van der Waals surface area contributed by atoms with Crippen molar-refractivity contribution in [3.8, 4) is 0 Å². The highest BCUT2D eigenvalue weighted by Gasteiger charge is 2.13. The zero-order valence-electron chi connectivity index (χ0n) is 9.98. The van der Waals surface area contributed by atoms with Crippen molar-refractivity contribution in [2.24, 2.45) is 5.73 Å². The smallest absolute Gasteiger partial charge is 0.111 e. The standard InChI is InChI=1S/C13H19N3/c1-3-10(2)16-12-7-5-4-6-11(12)15-13(16)8-9-14/h4-7,10H,3,8-9,14H2,1-2H3/t10-/m1/s1. The molecule has 1 heterocycles. The van der Waals surface area contributed by atoms with E-state index in [-0.39, 0.29) is 0 Å². The molecule has 3 heteroatoms. The lowest BCUT2D eigenvalue weighted by Gasteiger charge is -2.15. The van der Waals surface area contributed by atoms with Crippen LogP contribution in [0, 0.1) is 0 Å². The van der Waals surface area contributed by atoms with Gasteiger partial charge in [-0.1, -0.05) is 19.1 Å². The van der Waals surface area contributed by atoms with Crippen LogP contribution in [-0.2, 0) is 6.42 Å². The van der Waals surface area contributed by atoms with Crippen LogP contribution in [0.4, 0.5) is 0 Å². The summed E-state index contributed by atoms with van der Waals surface area (Å²) < 4.78 is 2.32. The second-order valence-corrected chi connectivity index (χ2v) is 4.18. The molecule has 0 aliphatic rings. The van der Waals surface area contributed by atoms with Crippen LogP contribution in [0.15, 0.2) is 24.3 Å². The molecule has 1 atom stereocenters. The van der Waals surface area contributed by atoms with Gasteiger partial charge in [0.05, 0.1) is 11.0 Å². The van der Waals surface area contributed by atoms with Crippen LogP contribution in [0.25, 0.3) is 11.0 Å². The van der Waals surface area contributed by atoms with Crippen molar-refractivity contribution in [2.45, 2.75) is 32.7 Å². The SMILES string of the molecule is CC[C@@H](C)n1c(CCN)nc2ccccc21. The van der Waals surface area contributed by atoms with Gasteiger partial charge in [0.15, 0.2) is 0 Å². The number of nitrogens with zero attached hydrogens (tertiary/aromatic N) is 2. The van der Waals surface area contributed by atoms with Gasteiger partial charge in [-0.05, 0) is 32.0 Å². The van der Waals surface area contributed by atoms with E-state index < -0.39 is 0 Å². The summed E-state index contributed by atoms with van der Waals surface area (Å²) in [5.41, 5.74) is 7.94. The maximum absolute atomic E-state index is 5.64. The number of imidazole rings is 1. The van der Waals surface area contributed by atoms with E-state index in [1.807, 2.05) is 6.07 Å². The van der Waals surface area contributed by atoms with Crippen LogP contribution in [0.1, 0.15) is 32.1 Å². The minimum absolute atomic E-state index is 0.481. The normalized spacial score (nSPS) is 13.2. The minimum Gasteiger partial charge on any atom is -0.330 e. The summed E-state index contributed by atoms with van der Waals surface area (Å²) in [5.74, 6) is 1.11. The number of fused-ring (bicyclic) bond motifs is 1. The van der Waals surface area contributed by atoms with Crippen molar-refractivity contribution < 1.29 is 0 Å². The Morgan fingerprint density at radius 3 is 2.81 bits per heavy atom. The molecule has 1 aromatic carbocycles. The Labute approximate surface area is 96.3 Å². The molecular formula is C13H19N3. The second kappa shape index (κ2) is 4.66. The van der Waals surface area contributed by atoms with Crippen LogP contribution in [-0.4, -0.2) is 16.1 Å². The Balaban J connectivity index is 2.59. The summed E-state index contributed by atoms with van der Waals surface area (Å²) in [4.78, 5) is 4.65. The molecule has 0 unspecified atom stereocenters. The highest BCUT2D eigenvalue weighted by atomic mass is 15.1. The Kier molecular flexibility index (Phi) is 3.25. The number of nitrogens with two attached hydrogens (primary N) is 1. The molecule has 3 nitrogen and oxygen atoms in total. The lowest BCUT2D eigenvalue weighted by Crippen LogP contribution is -2.12. The van der Waals surface area contributed by atoms with Crippen LogP contribution in [0.2, 0.25) is 0 Å². The zero-order chi connectivity index (χ0) is 11.5. The molecule has 0 radical (unpaired) electrons. The molecule has 0 saturated heterocycles. The van der Waals surface area contributed by atoms with Crippen molar-refractivity contribution in [2.75, 3.05) is 6.54 Å². The number of para-hydroxylation sites is 2. The van der Waals surface area contributed by atoms with Gasteiger partial charge in [0.2, 0.25) is 0 Å². The van der Waals surface area contributed by atoms with Gasteiger partial charge >= 0.3 is 0 Å². The van der Waals surface area contributed by atoms with Crippen molar-refractivity contribution in [1.29, 1.82) is 0 Å². The summed E-state index contributed by atoms with van der Waals surface area (Å²) in [6.07, 6.45) is 1.96. The topological polar surface area (TPSA) is 43.8 Å². The fraction of sp³-hybridized carbons (Fsp3) is 0.462. The van der Waals surface area contributed by atoms with E-state index in [0.29, 0.717) is 12.6 Å². The first kappa shape index (κ1) is 11.1. The van der Waals surface area contributed by atoms with Gasteiger partial charge in [0, 0.05) is 12.5 Å². The van der Waals surface area contributed by atoms with Gasteiger partial charge in [0.25, 0.3) is 0 Å². The van der Waals surface area contributed by atoms with E-state index in [9.17, 15) is 0 Å². The average Bonchev–Trinajstić information content (AvgIpc) is 2.66. The highest BCUT2D eigenvalue weighted by molar-refractivity contribution is 5.76. The van der Waals surface area contributed by atoms with Gasteiger partial charge in [-0.15, -0.1) is 0 Å². The molecule has 2 N–H and O–H groups in total. The average molecular weight is 217 g/mol. The highest BCUT2D eigenvalue weighted by Crippen LogP contribution is 2.22. The van der Waals surface area contributed by atoms with Crippen LogP contribution in [0.5, 0.6) is 0 Å². The van der Waals surface area contributed by atoms with Crippen molar-refractivity contribution in [3.05, 3.63) is 30.1 Å². The number of hydrogen-bond acceptors (Lipinski definition) is 2. The van der Waals surface area contributed by atoms with Gasteiger partial charge in [-0.25, -0.2) is 4.98 Å². The first-order valence-electron chi connectivity index (χ1n) is 5.93. The van der Waals surface area contributed by atoms with E-state index in [1.165, 1.54) is 5.52 Å². The van der Waals surface area contributed by atoms with E-state index >= 15 is 0 Å². The second-order valence-electron chi connectivity index (χ2n) is 4.18. The fourth-order valence-corrected chi connectivity index (χ4v) is 2.07. The summed E-state index contributed by atoms with van der Waals surface area (Å²) in [7, 11) is 0. The van der Waals surface area contributed by atoms with Crippen molar-refractivity contribution in [1.82, 2.24) is 9.55 Å². The summed E-state index contributed by atoms with van der Waals surface area (Å²) in [6.45, 7) is 5.08. The molecule has 86 valence electrons. The molecule has 0 aliphatic carbocycles. The predicted molar refractivity (Wildman–Crippen MR) is 67.5 cm³/mol. The Bertz CT molecular complexity index is 473. The molecule has 16 heavy (non-hydrogen) atoms. The van der Waals surface area contributed by atoms with Gasteiger partial charge in [-0.2, -0.15) is 0 Å². The third-order valence-corrected chi connectivity index (χ3v) is 3.07. The number of aromatic nitrogens is 2. The van der Waals surface area contributed by atoms with Crippen LogP contribution >= 0.6 is 0 Å². The molecule has 2 aromatic rings. The maximum Gasteiger partial charge on any atom is 0.111 e. The largest absolute Gasteiger partial charge is 0.330 e. The first-order valence-corrected chi connectivity index (χ1v) is 5.93. The van der Waals surface area contributed by atoms with E-state index in [4.69, 9.17) is 5.73 Å². The number of hydrogen-bond donors (Lipinski definition) is 1. The van der Waals surface area contributed by atoms with Crippen molar-refractivity contribution in [3.63, 3.8) is 0 Å². The molecule has 0 aliphatic heterocycles. The minimum atomic E-state index is 0.481. The summed E-state index contributed by atoms with van der Waals surface area (Å²) in [6, 6.07) is 8.77. The fourth-order valence-electron chi connectivity index (χ4n) is 2.07. The van der Waals surface area contributed by atoms with Crippen LogP contribution < -0.4 is 5.73 Å². The molecule has 2 rings (SSSR count). The Morgan fingerprint density at radius 2 is 2.12 bits per heavy atom. The molecular weight excluding hydrogens is 198 g/mol. The predicted octanol–water partition coefficient (Wildman–Crippen LogP) is 2.51. The zero-order valence-corrected chi connectivity index (χ0v) is 9.98. The first-order chi connectivity index (χ1) is 7.77. The monoisotopic (exact) mass is 217 g/mol. The molecule has 0 fully saturated rings. The number of rotatable bonds is 4. The Morgan fingerprint density at radius 1 is 1.38 bits per heavy atom. The van der Waals surface area contributed by atoms with Crippen LogP contribution in [0.3, 0.4) is 0 Å². The summed E-state index contributed by atoms with van der Waals surface area (Å²) >= 11 is 0. The molecule has 0 amide bonds. The third-order valence-electron chi connectivity index (χ3n) is 3.07. The lowest BCUT2D eigenvalue weighted by atomic mass is 10.2. The van der Waals surface area contributed by atoms with E-state index in [1.54, 1.807) is 0 Å². The van der Waals surface area contributed by atoms with E-state index in [0.717, 1.165) is 24.2 Å². The van der Waals surface area contributed by atoms with Gasteiger partial charge in [-0.3, -0.25) is 0 Å². The van der Waals surface area contributed by atoms with Gasteiger partial charge in [0.1, 0.15) is 5.82 Å². The van der Waals surface area contributed by atoms with Crippen molar-refractivity contribution >= 4 is 11.0 Å². The third kappa shape index (κ3) is 1.83. The molecule has 0 saturated carbocycles. The summed E-state index contributed by atoms with van der Waals surface area (Å²) in [5, 5.41) is 0. The maximum atomic E-state index is 5.64. The molecule has 1 aromatic heterocycles. The van der Waals surface area contributed by atoms with Gasteiger partial charge < -0.3 is 10.3 Å². The Hall–Kier alpha value is -1.35. The van der Waals surface area contributed by atoms with E-state index in [2.05, 4.69) is 41.6 Å². The quantitative estimate of drug-likeness (QED) is 0.855.